The monoisotopic (exact) mass is 258 g/mol. The lowest BCUT2D eigenvalue weighted by atomic mass is 10.1. The minimum Gasteiger partial charge on any atom is -0.352 e. The lowest BCUT2D eigenvalue weighted by Gasteiger charge is -2.05. The Morgan fingerprint density at radius 2 is 2.05 bits per heavy atom. The van der Waals surface area contributed by atoms with E-state index in [2.05, 4.69) is 10.4 Å². The Morgan fingerprint density at radius 1 is 1.32 bits per heavy atom. The smallest absolute Gasteiger partial charge is 0.251 e. The number of nitrogens with zero attached hydrogens (tertiary/aromatic N) is 2. The number of benzene rings is 1. The molecule has 0 saturated heterocycles. The van der Waals surface area contributed by atoms with E-state index in [1.165, 1.54) is 0 Å². The Morgan fingerprint density at radius 3 is 2.63 bits per heavy atom. The van der Waals surface area contributed by atoms with Crippen molar-refractivity contribution in [2.45, 2.75) is 13.0 Å². The van der Waals surface area contributed by atoms with Crippen LogP contribution in [0.2, 0.25) is 0 Å². The van der Waals surface area contributed by atoms with Gasteiger partial charge in [-0.15, -0.1) is 0 Å². The minimum atomic E-state index is -0.0625. The van der Waals surface area contributed by atoms with E-state index in [9.17, 15) is 4.79 Å². The molecule has 100 valence electrons. The normalized spacial score (nSPS) is 10.4. The number of amides is 1. The largest absolute Gasteiger partial charge is 0.352 e. The second-order valence-corrected chi connectivity index (χ2v) is 4.43. The quantitative estimate of drug-likeness (QED) is 0.835. The van der Waals surface area contributed by atoms with Crippen LogP contribution < -0.4 is 11.1 Å². The summed E-state index contributed by atoms with van der Waals surface area (Å²) in [5.74, 6) is -0.0625. The van der Waals surface area contributed by atoms with Gasteiger partial charge in [-0.1, -0.05) is 12.1 Å². The van der Waals surface area contributed by atoms with Crippen LogP contribution in [0.25, 0.3) is 0 Å². The molecule has 0 aliphatic heterocycles. The second kappa shape index (κ2) is 6.15. The van der Waals surface area contributed by atoms with Gasteiger partial charge in [0, 0.05) is 31.9 Å². The van der Waals surface area contributed by atoms with Crippen molar-refractivity contribution in [1.82, 2.24) is 15.1 Å². The Kier molecular flexibility index (Phi) is 4.30. The summed E-state index contributed by atoms with van der Waals surface area (Å²) in [5.41, 5.74) is 8.30. The molecule has 0 saturated carbocycles. The van der Waals surface area contributed by atoms with E-state index < -0.39 is 0 Å². The van der Waals surface area contributed by atoms with Crippen LogP contribution in [0.15, 0.2) is 36.7 Å². The molecule has 1 amide bonds. The van der Waals surface area contributed by atoms with Crippen molar-refractivity contribution in [3.8, 4) is 0 Å². The molecule has 19 heavy (non-hydrogen) atoms. The molecule has 2 rings (SSSR count). The van der Waals surface area contributed by atoms with Gasteiger partial charge in [0.1, 0.15) is 0 Å². The molecule has 0 radical (unpaired) electrons. The van der Waals surface area contributed by atoms with Gasteiger partial charge in [-0.3, -0.25) is 9.48 Å². The Labute approximate surface area is 112 Å². The summed E-state index contributed by atoms with van der Waals surface area (Å²) in [4.78, 5) is 11.9. The molecule has 3 N–H and O–H groups in total. The van der Waals surface area contributed by atoms with Gasteiger partial charge >= 0.3 is 0 Å². The number of carbonyl (C=O) groups is 1. The summed E-state index contributed by atoms with van der Waals surface area (Å²) in [6, 6.07) is 7.33. The summed E-state index contributed by atoms with van der Waals surface area (Å²) < 4.78 is 1.75. The van der Waals surface area contributed by atoms with Gasteiger partial charge in [-0.2, -0.15) is 5.10 Å². The Bertz CT molecular complexity index is 545. The average Bonchev–Trinajstić information content (AvgIpc) is 2.84. The van der Waals surface area contributed by atoms with Crippen LogP contribution in [-0.2, 0) is 20.0 Å². The van der Waals surface area contributed by atoms with Crippen molar-refractivity contribution < 1.29 is 4.79 Å². The first-order valence-electron chi connectivity index (χ1n) is 6.24. The minimum absolute atomic E-state index is 0.0625. The molecule has 0 atom stereocenters. The van der Waals surface area contributed by atoms with Gasteiger partial charge in [0.15, 0.2) is 0 Å². The molecule has 1 aromatic carbocycles. The molecule has 0 aliphatic rings. The van der Waals surface area contributed by atoms with Gasteiger partial charge in [-0.05, 0) is 29.7 Å². The highest BCUT2D eigenvalue weighted by Gasteiger charge is 2.04. The molecule has 5 heteroatoms. The number of hydrogen-bond acceptors (Lipinski definition) is 3. The van der Waals surface area contributed by atoms with Crippen LogP contribution in [0.1, 0.15) is 21.5 Å². The number of aromatic nitrogens is 2. The Hall–Kier alpha value is -2.14. The van der Waals surface area contributed by atoms with Crippen molar-refractivity contribution in [3.63, 3.8) is 0 Å². The molecule has 1 aromatic heterocycles. The number of rotatable bonds is 5. The summed E-state index contributed by atoms with van der Waals surface area (Å²) >= 11 is 0. The first-order chi connectivity index (χ1) is 9.19. The average molecular weight is 258 g/mol. The van der Waals surface area contributed by atoms with E-state index in [4.69, 9.17) is 5.73 Å². The first kappa shape index (κ1) is 13.3. The van der Waals surface area contributed by atoms with E-state index in [-0.39, 0.29) is 5.91 Å². The summed E-state index contributed by atoms with van der Waals surface area (Å²) in [6.45, 7) is 1.09. The molecule has 0 fully saturated rings. The zero-order valence-corrected chi connectivity index (χ0v) is 11.0. The van der Waals surface area contributed by atoms with Crippen LogP contribution in [0.5, 0.6) is 0 Å². The van der Waals surface area contributed by atoms with Gasteiger partial charge in [-0.25, -0.2) is 0 Å². The standard InChI is InChI=1S/C14H18N4O/c1-18-10-12(9-17-18)6-7-16-14(19)13-4-2-11(8-15)3-5-13/h2-5,9-10H,6-8,15H2,1H3,(H,16,19). The number of aryl methyl sites for hydroxylation is 1. The first-order valence-corrected chi connectivity index (χ1v) is 6.24. The topological polar surface area (TPSA) is 72.9 Å². The van der Waals surface area contributed by atoms with Crippen molar-refractivity contribution in [1.29, 1.82) is 0 Å². The molecule has 0 unspecified atom stereocenters. The van der Waals surface area contributed by atoms with E-state index in [0.29, 0.717) is 18.7 Å². The lowest BCUT2D eigenvalue weighted by molar-refractivity contribution is 0.0954. The van der Waals surface area contributed by atoms with Crippen molar-refractivity contribution in [3.05, 3.63) is 53.3 Å². The fourth-order valence-corrected chi connectivity index (χ4v) is 1.82. The maximum absolute atomic E-state index is 11.9. The number of hydrogen-bond donors (Lipinski definition) is 2. The highest BCUT2D eigenvalue weighted by atomic mass is 16.1. The van der Waals surface area contributed by atoms with Gasteiger partial charge < -0.3 is 11.1 Å². The van der Waals surface area contributed by atoms with Crippen molar-refractivity contribution >= 4 is 5.91 Å². The molecular formula is C14H18N4O. The molecule has 0 bridgehead atoms. The Balaban J connectivity index is 1.83. The molecule has 0 spiro atoms. The maximum atomic E-state index is 11.9. The third-order valence-corrected chi connectivity index (χ3v) is 2.91. The molecule has 2 aromatic rings. The zero-order valence-electron chi connectivity index (χ0n) is 11.0. The maximum Gasteiger partial charge on any atom is 0.251 e. The SMILES string of the molecule is Cn1cc(CCNC(=O)c2ccc(CN)cc2)cn1. The number of nitrogens with one attached hydrogen (secondary N) is 1. The summed E-state index contributed by atoms with van der Waals surface area (Å²) in [6.07, 6.45) is 4.53. The van der Waals surface area contributed by atoms with E-state index in [0.717, 1.165) is 17.5 Å². The third-order valence-electron chi connectivity index (χ3n) is 2.91. The fraction of sp³-hybridized carbons (Fsp3) is 0.286. The van der Waals surface area contributed by atoms with Crippen molar-refractivity contribution in [2.75, 3.05) is 6.54 Å². The van der Waals surface area contributed by atoms with Gasteiger partial charge in [0.05, 0.1) is 6.20 Å². The van der Waals surface area contributed by atoms with Crippen LogP contribution >= 0.6 is 0 Å². The lowest BCUT2D eigenvalue weighted by Crippen LogP contribution is -2.25. The van der Waals surface area contributed by atoms with Crippen molar-refractivity contribution in [2.24, 2.45) is 12.8 Å². The zero-order chi connectivity index (χ0) is 13.7. The predicted octanol–water partition coefficient (Wildman–Crippen LogP) is 0.851. The van der Waals surface area contributed by atoms with E-state index in [1.54, 1.807) is 16.8 Å². The number of nitrogens with two attached hydrogens (primary N) is 1. The fourth-order valence-electron chi connectivity index (χ4n) is 1.82. The van der Waals surface area contributed by atoms with Gasteiger partial charge in [0.25, 0.3) is 5.91 Å². The van der Waals surface area contributed by atoms with Crippen LogP contribution in [0, 0.1) is 0 Å². The summed E-state index contributed by atoms with van der Waals surface area (Å²) in [7, 11) is 1.88. The van der Waals surface area contributed by atoms with Gasteiger partial charge in [0.2, 0.25) is 0 Å². The molecule has 1 heterocycles. The molecular weight excluding hydrogens is 240 g/mol. The third kappa shape index (κ3) is 3.66. The van der Waals surface area contributed by atoms with Crippen LogP contribution in [0.3, 0.4) is 0 Å². The highest BCUT2D eigenvalue weighted by Crippen LogP contribution is 2.04. The molecule has 5 nitrogen and oxygen atoms in total. The van der Waals surface area contributed by atoms with E-state index >= 15 is 0 Å². The predicted molar refractivity (Wildman–Crippen MR) is 73.6 cm³/mol. The van der Waals surface area contributed by atoms with Crippen LogP contribution in [0.4, 0.5) is 0 Å². The van der Waals surface area contributed by atoms with E-state index in [1.807, 2.05) is 31.6 Å². The summed E-state index contributed by atoms with van der Waals surface area (Å²) in [5, 5.41) is 6.97. The number of carbonyl (C=O) groups excluding carboxylic acids is 1. The molecule has 0 aliphatic carbocycles. The second-order valence-electron chi connectivity index (χ2n) is 4.43. The van der Waals surface area contributed by atoms with Crippen LogP contribution in [-0.4, -0.2) is 22.2 Å². The highest BCUT2D eigenvalue weighted by molar-refractivity contribution is 5.94.